The number of fused-ring (bicyclic) bond motifs is 1. The van der Waals surface area contributed by atoms with Crippen LogP contribution in [0.15, 0.2) is 48.5 Å². The van der Waals surface area contributed by atoms with E-state index in [1.807, 2.05) is 60.7 Å². The first-order chi connectivity index (χ1) is 14.8. The fourth-order valence-corrected chi connectivity index (χ4v) is 3.73. The van der Waals surface area contributed by atoms with E-state index in [0.717, 1.165) is 22.2 Å². The van der Waals surface area contributed by atoms with E-state index in [2.05, 4.69) is 10.2 Å². The molecule has 0 aliphatic carbocycles. The SMILES string of the molecule is CC(C)(N)C(=O)N1CCN(C(=O)c2ccc(C=Cc3n[nH]c4ccccc34)cc2)CC1. The number of H-pyrrole nitrogens is 1. The maximum Gasteiger partial charge on any atom is 0.253 e. The lowest BCUT2D eigenvalue weighted by molar-refractivity contribution is -0.137. The molecule has 3 N–H and O–H groups in total. The summed E-state index contributed by atoms with van der Waals surface area (Å²) in [6.45, 7) is 5.44. The highest BCUT2D eigenvalue weighted by Gasteiger charge is 2.31. The fourth-order valence-electron chi connectivity index (χ4n) is 3.73. The van der Waals surface area contributed by atoms with Gasteiger partial charge >= 0.3 is 0 Å². The summed E-state index contributed by atoms with van der Waals surface area (Å²) in [4.78, 5) is 28.7. The van der Waals surface area contributed by atoms with E-state index in [-0.39, 0.29) is 11.8 Å². The van der Waals surface area contributed by atoms with Gasteiger partial charge in [0.25, 0.3) is 5.91 Å². The third-order valence-corrected chi connectivity index (χ3v) is 5.50. The Bertz CT molecular complexity index is 1120. The zero-order valence-corrected chi connectivity index (χ0v) is 17.8. The van der Waals surface area contributed by atoms with Gasteiger partial charge in [0.15, 0.2) is 0 Å². The molecular formula is C24H27N5O2. The van der Waals surface area contributed by atoms with Crippen LogP contribution in [0, 0.1) is 0 Å². The predicted molar refractivity (Wildman–Crippen MR) is 122 cm³/mol. The van der Waals surface area contributed by atoms with Crippen molar-refractivity contribution >= 4 is 34.9 Å². The van der Waals surface area contributed by atoms with Crippen LogP contribution in [0.5, 0.6) is 0 Å². The second-order valence-corrected chi connectivity index (χ2v) is 8.42. The van der Waals surface area contributed by atoms with Gasteiger partial charge in [-0.2, -0.15) is 5.10 Å². The van der Waals surface area contributed by atoms with Gasteiger partial charge in [0.05, 0.1) is 16.7 Å². The zero-order valence-electron chi connectivity index (χ0n) is 17.8. The Labute approximate surface area is 181 Å². The summed E-state index contributed by atoms with van der Waals surface area (Å²) in [5, 5.41) is 8.43. The number of benzene rings is 2. The molecule has 0 spiro atoms. The number of nitrogens with zero attached hydrogens (tertiary/aromatic N) is 3. The number of aromatic amines is 1. The summed E-state index contributed by atoms with van der Waals surface area (Å²) in [5.41, 5.74) is 8.53. The van der Waals surface area contributed by atoms with E-state index >= 15 is 0 Å². The number of para-hydroxylation sites is 1. The van der Waals surface area contributed by atoms with Crippen LogP contribution in [0.3, 0.4) is 0 Å². The van der Waals surface area contributed by atoms with E-state index < -0.39 is 5.54 Å². The maximum atomic E-state index is 12.8. The second-order valence-electron chi connectivity index (χ2n) is 8.42. The molecule has 0 radical (unpaired) electrons. The number of carbonyl (C=O) groups is 2. The molecule has 0 unspecified atom stereocenters. The lowest BCUT2D eigenvalue weighted by Crippen LogP contribution is -2.57. The normalized spacial score (nSPS) is 15.1. The van der Waals surface area contributed by atoms with Crippen LogP contribution in [0.25, 0.3) is 23.1 Å². The van der Waals surface area contributed by atoms with Crippen molar-refractivity contribution in [3.8, 4) is 0 Å². The van der Waals surface area contributed by atoms with Crippen molar-refractivity contribution < 1.29 is 9.59 Å². The zero-order chi connectivity index (χ0) is 22.0. The maximum absolute atomic E-state index is 12.8. The van der Waals surface area contributed by atoms with Crippen molar-refractivity contribution in [2.75, 3.05) is 26.2 Å². The van der Waals surface area contributed by atoms with Gasteiger partial charge in [-0.05, 0) is 43.7 Å². The third-order valence-electron chi connectivity index (χ3n) is 5.50. The van der Waals surface area contributed by atoms with Crippen molar-refractivity contribution in [1.82, 2.24) is 20.0 Å². The molecule has 2 amide bonds. The van der Waals surface area contributed by atoms with Crippen LogP contribution in [0.4, 0.5) is 0 Å². The predicted octanol–water partition coefficient (Wildman–Crippen LogP) is 2.76. The van der Waals surface area contributed by atoms with Gasteiger partial charge < -0.3 is 15.5 Å². The first-order valence-electron chi connectivity index (χ1n) is 10.4. The van der Waals surface area contributed by atoms with E-state index in [1.54, 1.807) is 23.6 Å². The Morgan fingerprint density at radius 2 is 1.61 bits per heavy atom. The standard InChI is InChI=1S/C24H27N5O2/c1-24(2,25)23(31)29-15-13-28(14-16-29)22(30)18-10-7-17(8-11-18)9-12-21-19-5-3-4-6-20(19)26-27-21/h3-12H,13-16,25H2,1-2H3,(H,26,27). The molecule has 4 rings (SSSR count). The number of hydrogen-bond acceptors (Lipinski definition) is 4. The first-order valence-corrected chi connectivity index (χ1v) is 10.4. The summed E-state index contributed by atoms with van der Waals surface area (Å²) in [6.07, 6.45) is 3.95. The summed E-state index contributed by atoms with van der Waals surface area (Å²) in [6, 6.07) is 15.5. The lowest BCUT2D eigenvalue weighted by Gasteiger charge is -2.37. The molecule has 1 aliphatic rings. The molecule has 7 nitrogen and oxygen atoms in total. The molecule has 7 heteroatoms. The Morgan fingerprint density at radius 3 is 2.29 bits per heavy atom. The van der Waals surface area contributed by atoms with Crippen LogP contribution in [-0.4, -0.2) is 63.5 Å². The van der Waals surface area contributed by atoms with Crippen LogP contribution in [0.2, 0.25) is 0 Å². The number of carbonyl (C=O) groups excluding carboxylic acids is 2. The molecule has 1 saturated heterocycles. The molecular weight excluding hydrogens is 390 g/mol. The van der Waals surface area contributed by atoms with Crippen molar-refractivity contribution in [2.24, 2.45) is 5.73 Å². The average Bonchev–Trinajstić information content (AvgIpc) is 3.20. The van der Waals surface area contributed by atoms with E-state index in [1.165, 1.54) is 0 Å². The van der Waals surface area contributed by atoms with Crippen LogP contribution in [-0.2, 0) is 4.79 Å². The monoisotopic (exact) mass is 417 g/mol. The molecule has 1 aromatic heterocycles. The van der Waals surface area contributed by atoms with Crippen molar-refractivity contribution in [2.45, 2.75) is 19.4 Å². The van der Waals surface area contributed by atoms with Gasteiger partial charge in [-0.3, -0.25) is 14.7 Å². The number of nitrogens with one attached hydrogen (secondary N) is 1. The van der Waals surface area contributed by atoms with Gasteiger partial charge in [0.1, 0.15) is 0 Å². The molecule has 2 heterocycles. The first kappa shape index (κ1) is 20.8. The number of piperazine rings is 1. The molecule has 160 valence electrons. The smallest absolute Gasteiger partial charge is 0.253 e. The molecule has 3 aromatic rings. The number of amides is 2. The number of hydrogen-bond donors (Lipinski definition) is 2. The molecule has 0 atom stereocenters. The van der Waals surface area contributed by atoms with Crippen molar-refractivity contribution in [3.05, 3.63) is 65.4 Å². The minimum Gasteiger partial charge on any atom is -0.338 e. The van der Waals surface area contributed by atoms with Crippen LogP contribution < -0.4 is 5.73 Å². The van der Waals surface area contributed by atoms with Gasteiger partial charge in [0.2, 0.25) is 5.91 Å². The molecule has 0 bridgehead atoms. The summed E-state index contributed by atoms with van der Waals surface area (Å²) >= 11 is 0. The molecule has 1 aliphatic heterocycles. The van der Waals surface area contributed by atoms with E-state index in [4.69, 9.17) is 5.73 Å². The minimum absolute atomic E-state index is 0.0204. The molecule has 0 saturated carbocycles. The highest BCUT2D eigenvalue weighted by molar-refractivity contribution is 5.95. The summed E-state index contributed by atoms with van der Waals surface area (Å²) in [5.74, 6) is -0.103. The Balaban J connectivity index is 1.38. The summed E-state index contributed by atoms with van der Waals surface area (Å²) < 4.78 is 0. The highest BCUT2D eigenvalue weighted by atomic mass is 16.2. The highest BCUT2D eigenvalue weighted by Crippen LogP contribution is 2.18. The largest absolute Gasteiger partial charge is 0.338 e. The van der Waals surface area contributed by atoms with Crippen LogP contribution >= 0.6 is 0 Å². The lowest BCUT2D eigenvalue weighted by atomic mass is 10.0. The van der Waals surface area contributed by atoms with Gasteiger partial charge in [-0.15, -0.1) is 0 Å². The Morgan fingerprint density at radius 1 is 0.968 bits per heavy atom. The Hall–Kier alpha value is -3.45. The number of aromatic nitrogens is 2. The number of rotatable bonds is 4. The topological polar surface area (TPSA) is 95.3 Å². The fraction of sp³-hybridized carbons (Fsp3) is 0.292. The van der Waals surface area contributed by atoms with E-state index in [9.17, 15) is 9.59 Å². The molecule has 1 fully saturated rings. The number of nitrogens with two attached hydrogens (primary N) is 1. The quantitative estimate of drug-likeness (QED) is 0.682. The van der Waals surface area contributed by atoms with Gasteiger partial charge in [-0.25, -0.2) is 0 Å². The third kappa shape index (κ3) is 4.51. The van der Waals surface area contributed by atoms with Gasteiger partial charge in [-0.1, -0.05) is 36.4 Å². The molecule has 2 aromatic carbocycles. The Kier molecular flexibility index (Phi) is 5.61. The van der Waals surface area contributed by atoms with E-state index in [0.29, 0.717) is 31.7 Å². The summed E-state index contributed by atoms with van der Waals surface area (Å²) in [7, 11) is 0. The van der Waals surface area contributed by atoms with Gasteiger partial charge in [0, 0.05) is 37.1 Å². The van der Waals surface area contributed by atoms with Crippen molar-refractivity contribution in [1.29, 1.82) is 0 Å². The van der Waals surface area contributed by atoms with Crippen molar-refractivity contribution in [3.63, 3.8) is 0 Å². The second kappa shape index (κ2) is 8.35. The molecule has 31 heavy (non-hydrogen) atoms. The minimum atomic E-state index is -0.891. The average molecular weight is 418 g/mol. The van der Waals surface area contributed by atoms with Crippen LogP contribution in [0.1, 0.15) is 35.5 Å².